The number of hydrogen-bond acceptors (Lipinski definition) is 4. The molecule has 25 heavy (non-hydrogen) atoms. The summed E-state index contributed by atoms with van der Waals surface area (Å²) in [7, 11) is 1.79. The lowest BCUT2D eigenvalue weighted by Gasteiger charge is -2.48. The second kappa shape index (κ2) is 7.44. The molecule has 3 rings (SSSR count). The first-order valence-electron chi connectivity index (χ1n) is 9.26. The molecule has 2 N–H and O–H groups in total. The van der Waals surface area contributed by atoms with Gasteiger partial charge in [0, 0.05) is 26.4 Å². The Morgan fingerprint density at radius 3 is 2.60 bits per heavy atom. The van der Waals surface area contributed by atoms with E-state index in [4.69, 9.17) is 4.74 Å². The molecule has 1 aromatic rings. The molecule has 2 saturated heterocycles. The molecule has 1 atom stereocenters. The van der Waals surface area contributed by atoms with Crippen molar-refractivity contribution in [2.45, 2.75) is 50.2 Å². The Kier molecular flexibility index (Phi) is 5.46. The summed E-state index contributed by atoms with van der Waals surface area (Å²) in [6.07, 6.45) is 3.43. The summed E-state index contributed by atoms with van der Waals surface area (Å²) in [4.78, 5) is 14.2. The number of piperidine rings is 1. The van der Waals surface area contributed by atoms with Crippen LogP contribution in [0.25, 0.3) is 0 Å². The zero-order chi connectivity index (χ0) is 17.9. The molecule has 1 amide bonds. The highest BCUT2D eigenvalue weighted by Crippen LogP contribution is 2.38. The van der Waals surface area contributed by atoms with Gasteiger partial charge >= 0.3 is 0 Å². The van der Waals surface area contributed by atoms with E-state index in [0.717, 1.165) is 31.5 Å². The molecule has 1 spiro atoms. The van der Waals surface area contributed by atoms with Gasteiger partial charge in [-0.2, -0.15) is 0 Å². The van der Waals surface area contributed by atoms with Gasteiger partial charge in [-0.1, -0.05) is 29.8 Å². The Morgan fingerprint density at radius 2 is 1.92 bits per heavy atom. The lowest BCUT2D eigenvalue weighted by Crippen LogP contribution is -2.57. The van der Waals surface area contributed by atoms with E-state index in [-0.39, 0.29) is 11.5 Å². The minimum Gasteiger partial charge on any atom is -0.388 e. The SMILES string of the molecule is Cc1ccc(CC(=O)N(C)CC2(O)CCOC3(CCNCC3)C2)cc1. The summed E-state index contributed by atoms with van der Waals surface area (Å²) in [5, 5.41) is 14.5. The van der Waals surface area contributed by atoms with Crippen LogP contribution in [0.4, 0.5) is 0 Å². The minimum atomic E-state index is -0.854. The molecule has 2 aliphatic rings. The number of likely N-dealkylation sites (N-methyl/N-ethyl adjacent to an activating group) is 1. The largest absolute Gasteiger partial charge is 0.388 e. The number of aryl methyl sites for hydroxylation is 1. The third kappa shape index (κ3) is 4.60. The van der Waals surface area contributed by atoms with Gasteiger partial charge in [0.15, 0.2) is 0 Å². The molecule has 0 bridgehead atoms. The fraction of sp³-hybridized carbons (Fsp3) is 0.650. The van der Waals surface area contributed by atoms with Gasteiger partial charge in [-0.05, 0) is 38.4 Å². The highest BCUT2D eigenvalue weighted by molar-refractivity contribution is 5.78. The smallest absolute Gasteiger partial charge is 0.226 e. The second-order valence-corrected chi connectivity index (χ2v) is 7.84. The van der Waals surface area contributed by atoms with E-state index in [1.807, 2.05) is 31.2 Å². The molecule has 138 valence electrons. The third-order valence-corrected chi connectivity index (χ3v) is 5.57. The van der Waals surface area contributed by atoms with Crippen LogP contribution in [-0.4, -0.2) is 60.4 Å². The van der Waals surface area contributed by atoms with Gasteiger partial charge in [0.05, 0.1) is 24.2 Å². The lowest BCUT2D eigenvalue weighted by atomic mass is 9.77. The van der Waals surface area contributed by atoms with Crippen LogP contribution < -0.4 is 5.32 Å². The van der Waals surface area contributed by atoms with E-state index in [2.05, 4.69) is 5.32 Å². The van der Waals surface area contributed by atoms with Gasteiger partial charge in [-0.3, -0.25) is 4.79 Å². The third-order valence-electron chi connectivity index (χ3n) is 5.57. The van der Waals surface area contributed by atoms with Crippen molar-refractivity contribution in [1.82, 2.24) is 10.2 Å². The maximum absolute atomic E-state index is 12.6. The normalized spacial score (nSPS) is 25.7. The number of rotatable bonds is 4. The van der Waals surface area contributed by atoms with Crippen molar-refractivity contribution < 1.29 is 14.6 Å². The predicted molar refractivity (Wildman–Crippen MR) is 97.5 cm³/mol. The topological polar surface area (TPSA) is 61.8 Å². The van der Waals surface area contributed by atoms with Gasteiger partial charge in [0.2, 0.25) is 5.91 Å². The standard InChI is InChI=1S/C20H30N2O3/c1-16-3-5-17(6-4-16)13-18(23)22(2)15-19(24)9-12-25-20(14-19)7-10-21-11-8-20/h3-6,21,24H,7-15H2,1-2H3. The van der Waals surface area contributed by atoms with Gasteiger partial charge in [0.25, 0.3) is 0 Å². The maximum Gasteiger partial charge on any atom is 0.226 e. The average Bonchev–Trinajstić information content (AvgIpc) is 2.57. The number of benzene rings is 1. The first-order chi connectivity index (χ1) is 11.9. The fourth-order valence-electron chi connectivity index (χ4n) is 4.08. The van der Waals surface area contributed by atoms with Crippen molar-refractivity contribution in [2.24, 2.45) is 0 Å². The molecule has 2 aliphatic heterocycles. The number of hydrogen-bond donors (Lipinski definition) is 2. The van der Waals surface area contributed by atoms with E-state index < -0.39 is 5.60 Å². The summed E-state index contributed by atoms with van der Waals surface area (Å²) in [6.45, 7) is 4.83. The molecule has 1 aromatic carbocycles. The molecular weight excluding hydrogens is 316 g/mol. The van der Waals surface area contributed by atoms with Crippen LogP contribution in [0.3, 0.4) is 0 Å². The van der Waals surface area contributed by atoms with Gasteiger partial charge in [-0.25, -0.2) is 0 Å². The number of carbonyl (C=O) groups excluding carboxylic acids is 1. The highest BCUT2D eigenvalue weighted by atomic mass is 16.5. The molecule has 5 nitrogen and oxygen atoms in total. The van der Waals surface area contributed by atoms with Crippen molar-refractivity contribution in [1.29, 1.82) is 0 Å². The highest BCUT2D eigenvalue weighted by Gasteiger charge is 2.46. The zero-order valence-electron chi connectivity index (χ0n) is 15.4. The van der Waals surface area contributed by atoms with E-state index in [1.54, 1.807) is 11.9 Å². The fourth-order valence-corrected chi connectivity index (χ4v) is 4.08. The molecule has 2 heterocycles. The number of amides is 1. The summed E-state index contributed by atoms with van der Waals surface area (Å²) in [5.41, 5.74) is 1.12. The molecule has 2 fully saturated rings. The lowest BCUT2D eigenvalue weighted by molar-refractivity contribution is -0.177. The maximum atomic E-state index is 12.6. The van der Waals surface area contributed by atoms with Crippen molar-refractivity contribution in [3.8, 4) is 0 Å². The van der Waals surface area contributed by atoms with Crippen LogP contribution >= 0.6 is 0 Å². The molecule has 5 heteroatoms. The Morgan fingerprint density at radius 1 is 1.24 bits per heavy atom. The Bertz CT molecular complexity index is 590. The van der Waals surface area contributed by atoms with Crippen LogP contribution in [0, 0.1) is 6.92 Å². The Hall–Kier alpha value is -1.43. The predicted octanol–water partition coefficient (Wildman–Crippen LogP) is 1.66. The number of nitrogens with zero attached hydrogens (tertiary/aromatic N) is 1. The Balaban J connectivity index is 1.59. The summed E-state index contributed by atoms with van der Waals surface area (Å²) in [5.74, 6) is 0.0446. The monoisotopic (exact) mass is 346 g/mol. The molecule has 0 radical (unpaired) electrons. The van der Waals surface area contributed by atoms with Gasteiger partial charge in [0.1, 0.15) is 0 Å². The zero-order valence-corrected chi connectivity index (χ0v) is 15.4. The summed E-state index contributed by atoms with van der Waals surface area (Å²) >= 11 is 0. The average molecular weight is 346 g/mol. The molecule has 0 saturated carbocycles. The molecule has 1 unspecified atom stereocenters. The van der Waals surface area contributed by atoms with E-state index in [0.29, 0.717) is 32.4 Å². The van der Waals surface area contributed by atoms with Crippen molar-refractivity contribution >= 4 is 5.91 Å². The van der Waals surface area contributed by atoms with Crippen LogP contribution in [0.1, 0.15) is 36.8 Å². The van der Waals surface area contributed by atoms with Crippen molar-refractivity contribution in [2.75, 3.05) is 33.3 Å². The molecular formula is C20H30N2O3. The summed E-state index contributed by atoms with van der Waals surface area (Å²) < 4.78 is 6.05. The van der Waals surface area contributed by atoms with E-state index >= 15 is 0 Å². The summed E-state index contributed by atoms with van der Waals surface area (Å²) in [6, 6.07) is 8.04. The minimum absolute atomic E-state index is 0.0446. The van der Waals surface area contributed by atoms with Gasteiger partial charge < -0.3 is 20.1 Å². The van der Waals surface area contributed by atoms with Crippen LogP contribution in [-0.2, 0) is 16.0 Å². The molecule has 0 aliphatic carbocycles. The molecule has 0 aromatic heterocycles. The van der Waals surface area contributed by atoms with Crippen LogP contribution in [0.15, 0.2) is 24.3 Å². The van der Waals surface area contributed by atoms with Gasteiger partial charge in [-0.15, -0.1) is 0 Å². The van der Waals surface area contributed by atoms with E-state index in [1.165, 1.54) is 5.56 Å². The number of aliphatic hydroxyl groups is 1. The first-order valence-corrected chi connectivity index (χ1v) is 9.26. The quantitative estimate of drug-likeness (QED) is 0.870. The van der Waals surface area contributed by atoms with Crippen LogP contribution in [0.5, 0.6) is 0 Å². The number of ether oxygens (including phenoxy) is 1. The van der Waals surface area contributed by atoms with Crippen molar-refractivity contribution in [3.05, 3.63) is 35.4 Å². The first kappa shape index (κ1) is 18.4. The second-order valence-electron chi connectivity index (χ2n) is 7.84. The van der Waals surface area contributed by atoms with Crippen LogP contribution in [0.2, 0.25) is 0 Å². The number of nitrogens with one attached hydrogen (secondary N) is 1. The number of carbonyl (C=O) groups is 1. The van der Waals surface area contributed by atoms with Crippen molar-refractivity contribution in [3.63, 3.8) is 0 Å². The Labute approximate surface area is 150 Å². The van der Waals surface area contributed by atoms with E-state index in [9.17, 15) is 9.90 Å².